The van der Waals surface area contributed by atoms with Crippen LogP contribution in [0, 0.1) is 5.92 Å². The fourth-order valence-electron chi connectivity index (χ4n) is 1.75. The van der Waals surface area contributed by atoms with E-state index in [4.69, 9.17) is 27.9 Å². The topological polar surface area (TPSA) is 46.5 Å². The minimum Gasteiger partial charge on any atom is -0.466 e. The Hall–Kier alpha value is -0.770. The molecule has 0 bridgehead atoms. The lowest BCUT2D eigenvalue weighted by atomic mass is 9.93. The van der Waals surface area contributed by atoms with E-state index in [1.54, 1.807) is 25.1 Å². The molecule has 0 heterocycles. The molecule has 1 aromatic carbocycles. The second-order valence-electron chi connectivity index (χ2n) is 3.91. The lowest BCUT2D eigenvalue weighted by Gasteiger charge is -2.20. The SMILES string of the molecule is CCOC(=O)C(CC)C(O)c1cc(Cl)cc(Cl)c1. The summed E-state index contributed by atoms with van der Waals surface area (Å²) in [6.45, 7) is 3.84. The summed E-state index contributed by atoms with van der Waals surface area (Å²) in [5.74, 6) is -1.02. The van der Waals surface area contributed by atoms with E-state index in [0.717, 1.165) is 0 Å². The quantitative estimate of drug-likeness (QED) is 0.843. The second-order valence-corrected chi connectivity index (χ2v) is 4.79. The Bertz CT molecular complexity index is 400. The van der Waals surface area contributed by atoms with Crippen molar-refractivity contribution < 1.29 is 14.6 Å². The van der Waals surface area contributed by atoms with Crippen LogP contribution in [0.15, 0.2) is 18.2 Å². The van der Waals surface area contributed by atoms with Crippen molar-refractivity contribution in [2.45, 2.75) is 26.4 Å². The number of aliphatic hydroxyl groups is 1. The summed E-state index contributed by atoms with van der Waals surface area (Å²) in [7, 11) is 0. The van der Waals surface area contributed by atoms with E-state index in [2.05, 4.69) is 0 Å². The smallest absolute Gasteiger partial charge is 0.311 e. The van der Waals surface area contributed by atoms with Crippen molar-refractivity contribution in [3.63, 3.8) is 0 Å². The zero-order chi connectivity index (χ0) is 13.7. The van der Waals surface area contributed by atoms with E-state index in [-0.39, 0.29) is 0 Å². The summed E-state index contributed by atoms with van der Waals surface area (Å²) < 4.78 is 4.93. The van der Waals surface area contributed by atoms with E-state index in [1.165, 1.54) is 0 Å². The number of rotatable bonds is 5. The Balaban J connectivity index is 2.95. The Morgan fingerprint density at radius 3 is 2.28 bits per heavy atom. The lowest BCUT2D eigenvalue weighted by Crippen LogP contribution is -2.24. The zero-order valence-corrected chi connectivity index (χ0v) is 11.8. The number of halogens is 2. The molecule has 0 saturated carbocycles. The molecule has 1 aromatic rings. The third-order valence-electron chi connectivity index (χ3n) is 2.64. The van der Waals surface area contributed by atoms with Crippen molar-refractivity contribution in [3.05, 3.63) is 33.8 Å². The molecule has 18 heavy (non-hydrogen) atoms. The van der Waals surface area contributed by atoms with Gasteiger partial charge in [0.15, 0.2) is 0 Å². The van der Waals surface area contributed by atoms with Crippen LogP contribution in [-0.2, 0) is 9.53 Å². The number of esters is 1. The number of hydrogen-bond donors (Lipinski definition) is 1. The molecule has 0 saturated heterocycles. The van der Waals surface area contributed by atoms with Gasteiger partial charge in [0.25, 0.3) is 0 Å². The first-order chi connectivity index (χ1) is 8.49. The van der Waals surface area contributed by atoms with E-state index < -0.39 is 18.0 Å². The molecule has 1 N–H and O–H groups in total. The van der Waals surface area contributed by atoms with Crippen LogP contribution in [0.5, 0.6) is 0 Å². The standard InChI is InChI=1S/C13H16Cl2O3/c1-3-11(13(17)18-4-2)12(16)8-5-9(14)7-10(15)6-8/h5-7,11-12,16H,3-4H2,1-2H3. The van der Waals surface area contributed by atoms with Crippen LogP contribution in [0.4, 0.5) is 0 Å². The highest BCUT2D eigenvalue weighted by atomic mass is 35.5. The van der Waals surface area contributed by atoms with Gasteiger partial charge in [-0.05, 0) is 37.1 Å². The molecule has 100 valence electrons. The van der Waals surface area contributed by atoms with Gasteiger partial charge in [-0.1, -0.05) is 30.1 Å². The molecule has 1 rings (SSSR count). The molecule has 5 heteroatoms. The highest BCUT2D eigenvalue weighted by molar-refractivity contribution is 6.34. The minimum absolute atomic E-state index is 0.290. The molecule has 3 nitrogen and oxygen atoms in total. The van der Waals surface area contributed by atoms with E-state index in [0.29, 0.717) is 28.6 Å². The van der Waals surface area contributed by atoms with Gasteiger partial charge in [0.2, 0.25) is 0 Å². The molecule has 0 aliphatic carbocycles. The predicted molar refractivity (Wildman–Crippen MR) is 71.8 cm³/mol. The van der Waals surface area contributed by atoms with Crippen LogP contribution in [0.2, 0.25) is 10.0 Å². The molecule has 2 unspecified atom stereocenters. The molecule has 0 amide bonds. The predicted octanol–water partition coefficient (Wildman–Crippen LogP) is 3.62. The maximum Gasteiger partial charge on any atom is 0.311 e. The summed E-state index contributed by atoms with van der Waals surface area (Å²) in [5.41, 5.74) is 0.521. The summed E-state index contributed by atoms with van der Waals surface area (Å²) in [6.07, 6.45) is -0.491. The first-order valence-electron chi connectivity index (χ1n) is 5.80. The van der Waals surface area contributed by atoms with Crippen LogP contribution < -0.4 is 0 Å². The average Bonchev–Trinajstić information content (AvgIpc) is 2.28. The Morgan fingerprint density at radius 2 is 1.83 bits per heavy atom. The zero-order valence-electron chi connectivity index (χ0n) is 10.3. The van der Waals surface area contributed by atoms with Crippen LogP contribution in [-0.4, -0.2) is 17.7 Å². The van der Waals surface area contributed by atoms with Crippen molar-refractivity contribution in [3.8, 4) is 0 Å². The van der Waals surface area contributed by atoms with E-state index in [9.17, 15) is 9.90 Å². The van der Waals surface area contributed by atoms with Gasteiger partial charge in [0.05, 0.1) is 18.6 Å². The van der Waals surface area contributed by atoms with Gasteiger partial charge in [-0.3, -0.25) is 4.79 Å². The minimum atomic E-state index is -0.967. The van der Waals surface area contributed by atoms with Gasteiger partial charge in [-0.15, -0.1) is 0 Å². The third-order valence-corrected chi connectivity index (χ3v) is 3.07. The Kier molecular flexibility index (Phi) is 5.93. The van der Waals surface area contributed by atoms with Crippen LogP contribution >= 0.6 is 23.2 Å². The molecule has 0 aromatic heterocycles. The van der Waals surface area contributed by atoms with E-state index >= 15 is 0 Å². The molecule has 0 aliphatic rings. The molecule has 0 radical (unpaired) electrons. The molecular formula is C13H16Cl2O3. The molecule has 0 aliphatic heterocycles. The monoisotopic (exact) mass is 290 g/mol. The lowest BCUT2D eigenvalue weighted by molar-refractivity contribution is -0.152. The molecular weight excluding hydrogens is 275 g/mol. The fourth-order valence-corrected chi connectivity index (χ4v) is 2.29. The summed E-state index contributed by atoms with van der Waals surface area (Å²) in [5, 5.41) is 11.1. The molecule has 0 spiro atoms. The molecule has 0 fully saturated rings. The van der Waals surface area contributed by atoms with Crippen molar-refractivity contribution in [2.24, 2.45) is 5.92 Å². The largest absolute Gasteiger partial charge is 0.466 e. The maximum absolute atomic E-state index is 11.7. The molecule has 2 atom stereocenters. The summed E-state index contributed by atoms with van der Waals surface area (Å²) in [4.78, 5) is 11.7. The van der Waals surface area contributed by atoms with Gasteiger partial charge in [0.1, 0.15) is 0 Å². The van der Waals surface area contributed by atoms with Crippen molar-refractivity contribution in [1.82, 2.24) is 0 Å². The van der Waals surface area contributed by atoms with Gasteiger partial charge in [-0.25, -0.2) is 0 Å². The first-order valence-corrected chi connectivity index (χ1v) is 6.55. The van der Waals surface area contributed by atoms with Crippen LogP contribution in [0.1, 0.15) is 31.9 Å². The van der Waals surface area contributed by atoms with Crippen LogP contribution in [0.3, 0.4) is 0 Å². The number of aliphatic hydroxyl groups excluding tert-OH is 1. The van der Waals surface area contributed by atoms with Gasteiger partial charge < -0.3 is 9.84 Å². The van der Waals surface area contributed by atoms with Crippen LogP contribution in [0.25, 0.3) is 0 Å². The summed E-state index contributed by atoms with van der Waals surface area (Å²) in [6, 6.07) is 4.77. The van der Waals surface area contributed by atoms with Gasteiger partial charge in [-0.2, -0.15) is 0 Å². The highest BCUT2D eigenvalue weighted by Gasteiger charge is 2.28. The normalized spacial score (nSPS) is 14.1. The number of benzene rings is 1. The number of carbonyl (C=O) groups excluding carboxylic acids is 1. The van der Waals surface area contributed by atoms with Crippen molar-refractivity contribution >= 4 is 29.2 Å². The number of ether oxygens (including phenoxy) is 1. The number of hydrogen-bond acceptors (Lipinski definition) is 3. The fraction of sp³-hybridized carbons (Fsp3) is 0.462. The third kappa shape index (κ3) is 3.87. The number of carbonyl (C=O) groups is 1. The Labute approximate surface area is 117 Å². The van der Waals surface area contributed by atoms with Gasteiger partial charge in [0, 0.05) is 10.0 Å². The highest BCUT2D eigenvalue weighted by Crippen LogP contribution is 2.30. The Morgan fingerprint density at radius 1 is 1.28 bits per heavy atom. The van der Waals surface area contributed by atoms with Crippen molar-refractivity contribution in [1.29, 1.82) is 0 Å². The second kappa shape index (κ2) is 6.98. The first kappa shape index (κ1) is 15.3. The summed E-state index contributed by atoms with van der Waals surface area (Å²) >= 11 is 11.7. The average molecular weight is 291 g/mol. The van der Waals surface area contributed by atoms with Crippen molar-refractivity contribution in [2.75, 3.05) is 6.61 Å². The van der Waals surface area contributed by atoms with E-state index in [1.807, 2.05) is 6.92 Å². The van der Waals surface area contributed by atoms with Gasteiger partial charge >= 0.3 is 5.97 Å². The maximum atomic E-state index is 11.7.